The van der Waals surface area contributed by atoms with E-state index in [0.717, 1.165) is 44.4 Å². The molecule has 0 aromatic carbocycles. The van der Waals surface area contributed by atoms with E-state index in [1.807, 2.05) is 30.3 Å². The molecule has 0 radical (unpaired) electrons. The molecule has 7 nitrogen and oxygen atoms in total. The molecule has 1 aromatic heterocycles. The Labute approximate surface area is 141 Å². The largest absolute Gasteiger partial charge is 0.370 e. The van der Waals surface area contributed by atoms with Gasteiger partial charge in [-0.3, -0.25) is 9.79 Å². The van der Waals surface area contributed by atoms with E-state index in [0.29, 0.717) is 18.9 Å². The molecule has 0 aliphatic carbocycles. The summed E-state index contributed by atoms with van der Waals surface area (Å²) in [5.74, 6) is 0.677. The fourth-order valence-corrected chi connectivity index (χ4v) is 3.30. The molecular formula is C15H26N6OS. The Balaban J connectivity index is 1.76. The molecule has 23 heavy (non-hydrogen) atoms. The molecule has 2 heterocycles. The Morgan fingerprint density at radius 2 is 2.04 bits per heavy atom. The van der Waals surface area contributed by atoms with Crippen molar-refractivity contribution in [3.8, 4) is 0 Å². The Kier molecular flexibility index (Phi) is 6.64. The smallest absolute Gasteiger partial charge is 0.224 e. The third-order valence-electron chi connectivity index (χ3n) is 4.01. The molecule has 0 saturated carbocycles. The van der Waals surface area contributed by atoms with Gasteiger partial charge in [0.15, 0.2) is 11.1 Å². The third-order valence-corrected chi connectivity index (χ3v) is 4.84. The van der Waals surface area contributed by atoms with Crippen LogP contribution in [0.4, 0.5) is 5.13 Å². The first-order valence-corrected chi connectivity index (χ1v) is 9.00. The zero-order valence-electron chi connectivity index (χ0n) is 13.9. The van der Waals surface area contributed by atoms with E-state index in [2.05, 4.69) is 19.8 Å². The monoisotopic (exact) mass is 338 g/mol. The van der Waals surface area contributed by atoms with Gasteiger partial charge in [0.1, 0.15) is 0 Å². The lowest BCUT2D eigenvalue weighted by Crippen LogP contribution is -2.51. The van der Waals surface area contributed by atoms with Crippen molar-refractivity contribution in [3.05, 3.63) is 11.6 Å². The maximum atomic E-state index is 11.9. The number of aromatic nitrogens is 1. The number of nitrogens with two attached hydrogens (primary N) is 1. The summed E-state index contributed by atoms with van der Waals surface area (Å²) in [5.41, 5.74) is 6.06. The number of guanidine groups is 1. The van der Waals surface area contributed by atoms with Crippen LogP contribution in [-0.4, -0.2) is 72.5 Å². The van der Waals surface area contributed by atoms with E-state index >= 15 is 0 Å². The number of hydrogen-bond acceptors (Lipinski definition) is 5. The van der Waals surface area contributed by atoms with E-state index in [1.165, 1.54) is 0 Å². The normalized spacial score (nSPS) is 15.8. The second-order valence-electron chi connectivity index (χ2n) is 5.34. The lowest BCUT2D eigenvalue weighted by atomic mass is 10.3. The summed E-state index contributed by atoms with van der Waals surface area (Å²) >= 11 is 1.66. The zero-order valence-corrected chi connectivity index (χ0v) is 14.8. The summed E-state index contributed by atoms with van der Waals surface area (Å²) in [6, 6.07) is 0. The molecule has 8 heteroatoms. The molecule has 0 atom stereocenters. The van der Waals surface area contributed by atoms with Crippen LogP contribution in [0.3, 0.4) is 0 Å². The first kappa shape index (κ1) is 17.5. The van der Waals surface area contributed by atoms with Crippen molar-refractivity contribution in [2.75, 3.05) is 50.7 Å². The van der Waals surface area contributed by atoms with E-state index in [-0.39, 0.29) is 5.91 Å². The average Bonchev–Trinajstić information content (AvgIpc) is 3.10. The van der Waals surface area contributed by atoms with Crippen molar-refractivity contribution >= 4 is 28.3 Å². The Hall–Kier alpha value is -1.83. The second kappa shape index (κ2) is 8.71. The molecule has 1 amide bonds. The first-order chi connectivity index (χ1) is 11.2. The molecule has 128 valence electrons. The molecule has 0 unspecified atom stereocenters. The summed E-state index contributed by atoms with van der Waals surface area (Å²) in [6.07, 6.45) is 2.25. The van der Waals surface area contributed by atoms with Gasteiger partial charge >= 0.3 is 0 Å². The van der Waals surface area contributed by atoms with Crippen molar-refractivity contribution in [1.82, 2.24) is 14.8 Å². The number of thiazole rings is 1. The van der Waals surface area contributed by atoms with Crippen LogP contribution >= 0.6 is 11.3 Å². The summed E-state index contributed by atoms with van der Waals surface area (Å²) in [7, 11) is 0. The van der Waals surface area contributed by atoms with Crippen LogP contribution in [-0.2, 0) is 4.79 Å². The molecule has 1 saturated heterocycles. The molecule has 1 aliphatic rings. The number of piperazine rings is 1. The minimum Gasteiger partial charge on any atom is -0.370 e. The van der Waals surface area contributed by atoms with Crippen molar-refractivity contribution in [2.45, 2.75) is 20.3 Å². The van der Waals surface area contributed by atoms with Gasteiger partial charge in [-0.2, -0.15) is 0 Å². The standard InChI is InChI=1S/C15H26N6OS/c1-3-19(4-2)13(22)5-6-17-14(16)20-8-10-21(11-9-20)15-18-7-12-23-15/h7,12H,3-6,8-11H2,1-2H3,(H2,16,17). The Morgan fingerprint density at radius 1 is 1.35 bits per heavy atom. The highest BCUT2D eigenvalue weighted by molar-refractivity contribution is 7.13. The highest BCUT2D eigenvalue weighted by atomic mass is 32.1. The predicted octanol–water partition coefficient (Wildman–Crippen LogP) is 0.838. The number of carbonyl (C=O) groups excluding carboxylic acids is 1. The first-order valence-electron chi connectivity index (χ1n) is 8.12. The molecule has 1 aromatic rings. The van der Waals surface area contributed by atoms with Gasteiger partial charge in [0.05, 0.1) is 6.54 Å². The third kappa shape index (κ3) is 4.82. The minimum absolute atomic E-state index is 0.139. The topological polar surface area (TPSA) is 78.1 Å². The predicted molar refractivity (Wildman–Crippen MR) is 94.9 cm³/mol. The number of nitrogens with zero attached hydrogens (tertiary/aromatic N) is 5. The minimum atomic E-state index is 0.139. The lowest BCUT2D eigenvalue weighted by Gasteiger charge is -2.35. The quantitative estimate of drug-likeness (QED) is 0.614. The van der Waals surface area contributed by atoms with Gasteiger partial charge in [-0.25, -0.2) is 4.98 Å². The van der Waals surface area contributed by atoms with Gasteiger partial charge in [-0.15, -0.1) is 11.3 Å². The van der Waals surface area contributed by atoms with Crippen molar-refractivity contribution in [2.24, 2.45) is 10.7 Å². The van der Waals surface area contributed by atoms with Gasteiger partial charge in [0.2, 0.25) is 5.91 Å². The van der Waals surface area contributed by atoms with Crippen LogP contribution in [0.5, 0.6) is 0 Å². The van der Waals surface area contributed by atoms with E-state index in [1.54, 1.807) is 11.3 Å². The fourth-order valence-electron chi connectivity index (χ4n) is 2.60. The van der Waals surface area contributed by atoms with Gasteiger partial charge in [0.25, 0.3) is 0 Å². The van der Waals surface area contributed by atoms with Crippen molar-refractivity contribution in [1.29, 1.82) is 0 Å². The average molecular weight is 338 g/mol. The zero-order chi connectivity index (χ0) is 16.7. The summed E-state index contributed by atoms with van der Waals surface area (Å²) in [5, 5.41) is 3.05. The lowest BCUT2D eigenvalue weighted by molar-refractivity contribution is -0.130. The second-order valence-corrected chi connectivity index (χ2v) is 6.22. The maximum Gasteiger partial charge on any atom is 0.224 e. The Morgan fingerprint density at radius 3 is 2.61 bits per heavy atom. The van der Waals surface area contributed by atoms with Crippen LogP contribution in [0.2, 0.25) is 0 Å². The van der Waals surface area contributed by atoms with Crippen LogP contribution < -0.4 is 10.6 Å². The molecule has 2 N–H and O–H groups in total. The number of hydrogen-bond donors (Lipinski definition) is 1. The van der Waals surface area contributed by atoms with E-state index in [4.69, 9.17) is 5.73 Å². The number of amides is 1. The highest BCUT2D eigenvalue weighted by Crippen LogP contribution is 2.18. The molecule has 2 rings (SSSR count). The summed E-state index contributed by atoms with van der Waals surface area (Å²) < 4.78 is 0. The van der Waals surface area contributed by atoms with E-state index < -0.39 is 0 Å². The van der Waals surface area contributed by atoms with Crippen molar-refractivity contribution < 1.29 is 4.79 Å². The van der Waals surface area contributed by atoms with Gasteiger partial charge < -0.3 is 20.4 Å². The fraction of sp³-hybridized carbons (Fsp3) is 0.667. The summed E-state index contributed by atoms with van der Waals surface area (Å²) in [6.45, 7) is 9.36. The van der Waals surface area contributed by atoms with Gasteiger partial charge in [-0.1, -0.05) is 0 Å². The molecular weight excluding hydrogens is 312 g/mol. The van der Waals surface area contributed by atoms with Crippen LogP contribution in [0.15, 0.2) is 16.6 Å². The number of aliphatic imine (C=N–C) groups is 1. The van der Waals surface area contributed by atoms with Crippen molar-refractivity contribution in [3.63, 3.8) is 0 Å². The SMILES string of the molecule is CCN(CC)C(=O)CCN=C(N)N1CCN(c2nccs2)CC1. The van der Waals surface area contributed by atoms with E-state index in [9.17, 15) is 4.79 Å². The Bertz CT molecular complexity index is 506. The molecule has 1 fully saturated rings. The number of carbonyl (C=O) groups is 1. The van der Waals surface area contributed by atoms with Gasteiger partial charge in [0, 0.05) is 57.3 Å². The van der Waals surface area contributed by atoms with Gasteiger partial charge in [-0.05, 0) is 13.8 Å². The maximum absolute atomic E-state index is 11.9. The highest BCUT2D eigenvalue weighted by Gasteiger charge is 2.19. The van der Waals surface area contributed by atoms with Crippen LogP contribution in [0.25, 0.3) is 0 Å². The van der Waals surface area contributed by atoms with Crippen LogP contribution in [0.1, 0.15) is 20.3 Å². The molecule has 1 aliphatic heterocycles. The summed E-state index contributed by atoms with van der Waals surface area (Å²) in [4.78, 5) is 26.8. The van der Waals surface area contributed by atoms with Crippen LogP contribution in [0, 0.1) is 0 Å². The molecule has 0 spiro atoms. The molecule has 0 bridgehead atoms. The number of rotatable bonds is 6. The number of anilines is 1.